The minimum Gasteiger partial charge on any atom is -0.489 e. The van der Waals surface area contributed by atoms with Gasteiger partial charge in [0.2, 0.25) is 5.91 Å². The fourth-order valence-electron chi connectivity index (χ4n) is 8.60. The van der Waals surface area contributed by atoms with Crippen molar-refractivity contribution in [1.29, 1.82) is 0 Å². The average Bonchev–Trinajstić information content (AvgIpc) is 3.26. The molecule has 1 saturated carbocycles. The number of carboxylic acids is 1. The fraction of sp³-hybridized carbons (Fsp3) is 0.347. The zero-order chi connectivity index (χ0) is 43.5. The van der Waals surface area contributed by atoms with E-state index < -0.39 is 35.6 Å². The molecule has 0 unspecified atom stereocenters. The predicted octanol–water partition coefficient (Wildman–Crippen LogP) is 9.73. The number of nitrogens with zero attached hydrogens (tertiary/aromatic N) is 2. The molecular formula is C49H50Cl2N4O7. The van der Waals surface area contributed by atoms with Crippen LogP contribution in [0.25, 0.3) is 11.1 Å². The molecule has 3 aliphatic rings. The molecule has 3 N–H and O–H groups in total. The van der Waals surface area contributed by atoms with Crippen LogP contribution in [0.4, 0.5) is 4.79 Å². The Hall–Kier alpha value is -5.78. The Morgan fingerprint density at radius 1 is 0.903 bits per heavy atom. The van der Waals surface area contributed by atoms with Gasteiger partial charge in [-0.25, -0.2) is 9.59 Å². The van der Waals surface area contributed by atoms with Gasteiger partial charge in [0.05, 0.1) is 10.0 Å². The SMILES string of the molecule is Cc1nccc(-c2ccc(C[C@H](NC(=O)[C@@H]3Cc4cc5c(cc4CN3C(=O)NC3(C)CCCCC3)O[C@@H](c3ccc(OCc4ccc(Cl)c(Cl)c4)cc3)CO5)C(=O)O)cc2)c1C. The quantitative estimate of drug-likeness (QED) is 0.119. The highest BCUT2D eigenvalue weighted by Gasteiger charge is 2.40. The number of nitrogens with one attached hydrogen (secondary N) is 2. The smallest absolute Gasteiger partial charge is 0.326 e. The number of aromatic nitrogens is 1. The van der Waals surface area contributed by atoms with Gasteiger partial charge in [0.25, 0.3) is 0 Å². The van der Waals surface area contributed by atoms with E-state index in [1.165, 1.54) is 4.90 Å². The van der Waals surface area contributed by atoms with Crippen molar-refractivity contribution < 1.29 is 33.7 Å². The van der Waals surface area contributed by atoms with Crippen molar-refractivity contribution in [2.45, 2.75) is 103 Å². The zero-order valence-electron chi connectivity index (χ0n) is 35.0. The van der Waals surface area contributed by atoms with Crippen molar-refractivity contribution in [2.24, 2.45) is 0 Å². The second kappa shape index (κ2) is 18.3. The van der Waals surface area contributed by atoms with Gasteiger partial charge in [0, 0.05) is 36.8 Å². The maximum absolute atomic E-state index is 14.3. The van der Waals surface area contributed by atoms with Crippen LogP contribution in [0.15, 0.2) is 91.1 Å². The Labute approximate surface area is 371 Å². The number of aryl methyl sites for hydroxylation is 1. The number of amides is 3. The molecule has 322 valence electrons. The van der Waals surface area contributed by atoms with E-state index in [2.05, 4.69) is 22.5 Å². The number of benzene rings is 4. The summed E-state index contributed by atoms with van der Waals surface area (Å²) in [6.07, 6.45) is 6.41. The lowest BCUT2D eigenvalue weighted by Gasteiger charge is -2.41. The summed E-state index contributed by atoms with van der Waals surface area (Å²) in [6, 6.07) is 23.9. The Balaban J connectivity index is 0.981. The molecule has 11 nitrogen and oxygen atoms in total. The van der Waals surface area contributed by atoms with Crippen molar-refractivity contribution in [3.8, 4) is 28.4 Å². The highest BCUT2D eigenvalue weighted by Crippen LogP contribution is 2.41. The molecule has 3 amide bonds. The van der Waals surface area contributed by atoms with Crippen molar-refractivity contribution >= 4 is 41.1 Å². The summed E-state index contributed by atoms with van der Waals surface area (Å²) < 4.78 is 18.7. The number of ether oxygens (including phenoxy) is 3. The van der Waals surface area contributed by atoms with E-state index in [-0.39, 0.29) is 32.0 Å². The molecule has 5 aromatic rings. The number of pyridine rings is 1. The molecule has 13 heteroatoms. The molecular weight excluding hydrogens is 827 g/mol. The molecule has 0 radical (unpaired) electrons. The Bertz CT molecular complexity index is 2470. The van der Waals surface area contributed by atoms with E-state index in [0.717, 1.165) is 82.3 Å². The second-order valence-electron chi connectivity index (χ2n) is 16.9. The predicted molar refractivity (Wildman–Crippen MR) is 238 cm³/mol. The summed E-state index contributed by atoms with van der Waals surface area (Å²) in [4.78, 5) is 47.1. The van der Waals surface area contributed by atoms with Crippen molar-refractivity contribution in [1.82, 2.24) is 20.5 Å². The molecule has 0 saturated heterocycles. The average molecular weight is 878 g/mol. The molecule has 3 heterocycles. The van der Waals surface area contributed by atoms with Crippen LogP contribution in [-0.2, 0) is 35.6 Å². The van der Waals surface area contributed by atoms with Gasteiger partial charge >= 0.3 is 12.0 Å². The first-order chi connectivity index (χ1) is 29.8. The highest BCUT2D eigenvalue weighted by molar-refractivity contribution is 6.42. The Kier molecular flexibility index (Phi) is 12.7. The van der Waals surface area contributed by atoms with Crippen LogP contribution in [-0.4, -0.2) is 57.1 Å². The van der Waals surface area contributed by atoms with Crippen LogP contribution in [0.2, 0.25) is 10.0 Å². The van der Waals surface area contributed by atoms with E-state index >= 15 is 0 Å². The maximum Gasteiger partial charge on any atom is 0.326 e. The lowest BCUT2D eigenvalue weighted by molar-refractivity contribution is -0.142. The first kappa shape index (κ1) is 42.9. The number of carbonyl (C=O) groups excluding carboxylic acids is 2. The maximum atomic E-state index is 14.3. The number of carboxylic acid groups (broad SMARTS) is 1. The zero-order valence-corrected chi connectivity index (χ0v) is 36.5. The Morgan fingerprint density at radius 2 is 1.63 bits per heavy atom. The normalized spacial score (nSPS) is 18.2. The summed E-state index contributed by atoms with van der Waals surface area (Å²) in [5.74, 6) is 0.0573. The van der Waals surface area contributed by atoms with Crippen molar-refractivity contribution in [2.75, 3.05) is 6.61 Å². The van der Waals surface area contributed by atoms with Gasteiger partial charge in [0.1, 0.15) is 31.0 Å². The first-order valence-corrected chi connectivity index (χ1v) is 21.8. The number of urea groups is 1. The standard InChI is InChI=1S/C49H50Cl2N4O7/c1-29-30(2)52-20-17-38(29)33-10-7-31(8-11-33)22-41(47(57)58)53-46(56)42-23-35-24-43-44(25-36(35)26-55(42)48(59)54-49(3)18-5-4-6-19-49)62-45(28-61-43)34-12-14-37(15-13-34)60-27-32-9-16-39(50)40(51)21-32/h7-17,20-21,24-25,41-42,45H,4-6,18-19,22-23,26-28H2,1-3H3,(H,53,56)(H,54,59)(H,57,58)/t41-,42-,45+/m0/s1. The monoisotopic (exact) mass is 876 g/mol. The van der Waals surface area contributed by atoms with Gasteiger partial charge in [-0.1, -0.05) is 84.9 Å². The topological polar surface area (TPSA) is 139 Å². The first-order valence-electron chi connectivity index (χ1n) is 21.1. The molecule has 0 bridgehead atoms. The number of hydrogen-bond acceptors (Lipinski definition) is 7. The van der Waals surface area contributed by atoms with E-state index in [1.54, 1.807) is 18.3 Å². The van der Waals surface area contributed by atoms with E-state index in [1.807, 2.05) is 86.6 Å². The largest absolute Gasteiger partial charge is 0.489 e. The number of halogens is 2. The third-order valence-corrected chi connectivity index (χ3v) is 13.1. The molecule has 8 rings (SSSR count). The summed E-state index contributed by atoms with van der Waals surface area (Å²) in [5, 5.41) is 17.3. The molecule has 4 aromatic carbocycles. The summed E-state index contributed by atoms with van der Waals surface area (Å²) in [6.45, 7) is 6.75. The molecule has 2 aliphatic heterocycles. The van der Waals surface area contributed by atoms with E-state index in [0.29, 0.717) is 33.9 Å². The number of hydrogen-bond donors (Lipinski definition) is 3. The van der Waals surface area contributed by atoms with Gasteiger partial charge in [-0.2, -0.15) is 0 Å². The van der Waals surface area contributed by atoms with Gasteiger partial charge in [-0.3, -0.25) is 9.78 Å². The van der Waals surface area contributed by atoms with Crippen molar-refractivity contribution in [3.05, 3.63) is 140 Å². The van der Waals surface area contributed by atoms with Gasteiger partial charge in [-0.15, -0.1) is 0 Å². The second-order valence-corrected chi connectivity index (χ2v) is 17.7. The third kappa shape index (κ3) is 9.64. The van der Waals surface area contributed by atoms with Gasteiger partial charge in [0.15, 0.2) is 17.6 Å². The lowest BCUT2D eigenvalue weighted by Crippen LogP contribution is -2.60. The lowest BCUT2D eigenvalue weighted by atomic mass is 9.83. The number of carbonyl (C=O) groups is 3. The van der Waals surface area contributed by atoms with Crippen LogP contribution in [0.1, 0.15) is 84.2 Å². The summed E-state index contributed by atoms with van der Waals surface area (Å²) in [5.41, 5.74) is 7.85. The minimum absolute atomic E-state index is 0.0671. The van der Waals surface area contributed by atoms with Crippen LogP contribution >= 0.6 is 23.2 Å². The van der Waals surface area contributed by atoms with E-state index in [9.17, 15) is 19.5 Å². The fourth-order valence-corrected chi connectivity index (χ4v) is 8.92. The number of rotatable bonds is 11. The van der Waals surface area contributed by atoms with Crippen molar-refractivity contribution in [3.63, 3.8) is 0 Å². The van der Waals surface area contributed by atoms with Crippen LogP contribution in [0.3, 0.4) is 0 Å². The Morgan fingerprint density at radius 3 is 2.35 bits per heavy atom. The summed E-state index contributed by atoms with van der Waals surface area (Å²) in [7, 11) is 0. The molecule has 1 fully saturated rings. The molecule has 3 atom stereocenters. The van der Waals surface area contributed by atoms with Crippen LogP contribution in [0, 0.1) is 13.8 Å². The van der Waals surface area contributed by atoms with E-state index in [4.69, 9.17) is 37.4 Å². The minimum atomic E-state index is -1.22. The number of fused-ring (bicyclic) bond motifs is 2. The highest BCUT2D eigenvalue weighted by atomic mass is 35.5. The molecule has 1 aliphatic carbocycles. The van der Waals surface area contributed by atoms with Crippen LogP contribution < -0.4 is 24.8 Å². The molecule has 0 spiro atoms. The summed E-state index contributed by atoms with van der Waals surface area (Å²) >= 11 is 12.2. The number of aliphatic carboxylic acids is 1. The molecule has 1 aromatic heterocycles. The van der Waals surface area contributed by atoms with Gasteiger partial charge in [-0.05, 0) is 121 Å². The molecule has 62 heavy (non-hydrogen) atoms. The van der Waals surface area contributed by atoms with Gasteiger partial charge < -0.3 is 34.9 Å². The third-order valence-electron chi connectivity index (χ3n) is 12.4. The van der Waals surface area contributed by atoms with Crippen LogP contribution in [0.5, 0.6) is 17.2 Å².